The van der Waals surface area contributed by atoms with E-state index in [0.29, 0.717) is 22.0 Å². The molecule has 0 saturated carbocycles. The molecule has 2 aromatic rings. The molecule has 0 aliphatic rings. The molecule has 0 atom stereocenters. The summed E-state index contributed by atoms with van der Waals surface area (Å²) in [5.74, 6) is 0.171. The fourth-order valence-corrected chi connectivity index (χ4v) is 2.67. The van der Waals surface area contributed by atoms with Crippen LogP contribution in [0.1, 0.15) is 39.7 Å². The average molecular weight is 440 g/mol. The number of carbonyl (C=O) groups is 2. The minimum absolute atomic E-state index is 0.161. The van der Waals surface area contributed by atoms with Gasteiger partial charge in [-0.1, -0.05) is 39.3 Å². The van der Waals surface area contributed by atoms with Crippen molar-refractivity contribution in [3.05, 3.63) is 46.9 Å². The van der Waals surface area contributed by atoms with Crippen LogP contribution in [0.4, 0.5) is 5.13 Å². The Hall–Kier alpha value is -3.31. The Bertz CT molecular complexity index is 970. The number of rotatable bonds is 7. The summed E-state index contributed by atoms with van der Waals surface area (Å²) in [5, 5.41) is 16.3. The van der Waals surface area contributed by atoms with Gasteiger partial charge < -0.3 is 10.6 Å². The molecule has 2 amide bonds. The van der Waals surface area contributed by atoms with Gasteiger partial charge in [0.1, 0.15) is 0 Å². The van der Waals surface area contributed by atoms with Gasteiger partial charge in [0.25, 0.3) is 0 Å². The first-order valence-electron chi connectivity index (χ1n) is 9.93. The van der Waals surface area contributed by atoms with E-state index in [2.05, 4.69) is 47.5 Å². The average Bonchev–Trinajstić information content (AvgIpc) is 3.24. The Morgan fingerprint density at radius 3 is 2.68 bits per heavy atom. The number of hydrogen-bond donors (Lipinski definition) is 2. The molecule has 0 saturated heterocycles. The van der Waals surface area contributed by atoms with Crippen LogP contribution >= 0.6 is 11.3 Å². The third-order valence-corrected chi connectivity index (χ3v) is 4.85. The molecule has 0 aliphatic carbocycles. The van der Waals surface area contributed by atoms with Gasteiger partial charge in [-0.2, -0.15) is 5.26 Å². The normalized spacial score (nSPS) is 10.9. The van der Waals surface area contributed by atoms with Crippen LogP contribution in [0.2, 0.25) is 0 Å². The van der Waals surface area contributed by atoms with Crippen molar-refractivity contribution in [2.24, 2.45) is 10.9 Å². The molecule has 0 bridgehead atoms. The molecule has 7 nitrogen and oxygen atoms in total. The summed E-state index contributed by atoms with van der Waals surface area (Å²) in [6.07, 6.45) is 4.38. The highest BCUT2D eigenvalue weighted by molar-refractivity contribution is 7.14. The molecule has 8 heteroatoms. The number of nitrogens with one attached hydrogen (secondary N) is 2. The molecule has 1 heterocycles. The number of thiazole rings is 1. The van der Waals surface area contributed by atoms with Crippen molar-refractivity contribution in [1.29, 1.82) is 5.26 Å². The van der Waals surface area contributed by atoms with Crippen LogP contribution in [0, 0.1) is 17.2 Å². The summed E-state index contributed by atoms with van der Waals surface area (Å²) in [6.45, 7) is 8.12. The predicted octanol–water partition coefficient (Wildman–Crippen LogP) is 4.44. The summed E-state index contributed by atoms with van der Waals surface area (Å²) in [5.41, 5.74) is 2.47. The van der Waals surface area contributed by atoms with Crippen molar-refractivity contribution in [2.75, 3.05) is 18.9 Å². The van der Waals surface area contributed by atoms with Crippen molar-refractivity contribution in [1.82, 2.24) is 10.3 Å². The first-order chi connectivity index (χ1) is 14.8. The van der Waals surface area contributed by atoms with Gasteiger partial charge in [0.2, 0.25) is 11.8 Å². The number of amides is 2. The van der Waals surface area contributed by atoms with E-state index in [1.807, 2.05) is 6.07 Å². The minimum atomic E-state index is -0.373. The quantitative estimate of drug-likeness (QED) is 0.491. The van der Waals surface area contributed by atoms with Gasteiger partial charge in [0.05, 0.1) is 23.9 Å². The van der Waals surface area contributed by atoms with Gasteiger partial charge in [0, 0.05) is 29.8 Å². The van der Waals surface area contributed by atoms with Crippen LogP contribution in [0.25, 0.3) is 11.3 Å². The van der Waals surface area contributed by atoms with Crippen molar-refractivity contribution in [2.45, 2.75) is 34.1 Å². The predicted molar refractivity (Wildman–Crippen MR) is 127 cm³/mol. The van der Waals surface area contributed by atoms with Crippen LogP contribution in [0.3, 0.4) is 0 Å². The molecule has 31 heavy (non-hydrogen) atoms. The van der Waals surface area contributed by atoms with Gasteiger partial charge >= 0.3 is 0 Å². The van der Waals surface area contributed by atoms with Crippen LogP contribution in [-0.2, 0) is 9.59 Å². The Morgan fingerprint density at radius 2 is 2.06 bits per heavy atom. The highest BCUT2D eigenvalue weighted by atomic mass is 32.1. The number of anilines is 1. The van der Waals surface area contributed by atoms with Crippen LogP contribution in [0.5, 0.6) is 0 Å². The Morgan fingerprint density at radius 1 is 1.35 bits per heavy atom. The third kappa shape index (κ3) is 9.83. The van der Waals surface area contributed by atoms with E-state index in [1.54, 1.807) is 43.6 Å². The minimum Gasteiger partial charge on any atom is -0.343 e. The fraction of sp³-hybridized carbons (Fsp3) is 0.348. The number of nitrogens with zero attached hydrogens (tertiary/aromatic N) is 3. The standard InChI is InChI=1S/C18H17N5O2S.C5H12/c1-12(6-7-20-2)17(25)21-10-16(24)23-18-22-15(11-26-18)14-5-3-4-13(8-14)9-19;1-4-5(2)3/h3-8,11H,10H2,1-2H3,(H,21,25)(H,22,23,24);5H,4H2,1-3H3/b12-6+,20-7?;. The molecule has 0 spiro atoms. The second-order valence-electron chi connectivity index (χ2n) is 7.02. The van der Waals surface area contributed by atoms with E-state index in [1.165, 1.54) is 24.0 Å². The lowest BCUT2D eigenvalue weighted by Gasteiger charge is -2.04. The molecule has 1 aromatic carbocycles. The Kier molecular flexibility index (Phi) is 11.5. The molecular weight excluding hydrogens is 410 g/mol. The lowest BCUT2D eigenvalue weighted by molar-refractivity contribution is -0.121. The Labute approximate surface area is 187 Å². The van der Waals surface area contributed by atoms with Gasteiger partial charge in [-0.25, -0.2) is 4.98 Å². The monoisotopic (exact) mass is 439 g/mol. The van der Waals surface area contributed by atoms with E-state index in [-0.39, 0.29) is 18.4 Å². The summed E-state index contributed by atoms with van der Waals surface area (Å²) in [6, 6.07) is 9.14. The first kappa shape index (κ1) is 25.7. The maximum atomic E-state index is 12.0. The third-order valence-electron chi connectivity index (χ3n) is 4.10. The van der Waals surface area contributed by atoms with E-state index < -0.39 is 0 Å². The topological polar surface area (TPSA) is 107 Å². The zero-order valence-electron chi connectivity index (χ0n) is 18.6. The van der Waals surface area contributed by atoms with Crippen LogP contribution in [-0.4, -0.2) is 36.6 Å². The van der Waals surface area contributed by atoms with Gasteiger partial charge in [-0.15, -0.1) is 11.3 Å². The van der Waals surface area contributed by atoms with Gasteiger partial charge in [-0.3, -0.25) is 14.6 Å². The summed E-state index contributed by atoms with van der Waals surface area (Å²) >= 11 is 1.27. The highest BCUT2D eigenvalue weighted by Crippen LogP contribution is 2.25. The molecule has 0 radical (unpaired) electrons. The number of benzene rings is 1. The number of carbonyl (C=O) groups excluding carboxylic acids is 2. The molecular formula is C23H29N5O2S. The van der Waals surface area contributed by atoms with Crippen molar-refractivity contribution >= 4 is 34.5 Å². The fourth-order valence-electron chi connectivity index (χ4n) is 1.94. The van der Waals surface area contributed by atoms with E-state index >= 15 is 0 Å². The summed E-state index contributed by atoms with van der Waals surface area (Å²) < 4.78 is 0. The molecule has 2 rings (SSSR count). The van der Waals surface area contributed by atoms with E-state index in [9.17, 15) is 9.59 Å². The SMILES string of the molecule is CCC(C)C.CN=C/C=C(\C)C(=O)NCC(=O)Nc1nc(-c2cccc(C#N)c2)cs1. The molecule has 2 N–H and O–H groups in total. The number of nitriles is 1. The highest BCUT2D eigenvalue weighted by Gasteiger charge is 2.10. The lowest BCUT2D eigenvalue weighted by Crippen LogP contribution is -2.33. The molecule has 164 valence electrons. The summed E-state index contributed by atoms with van der Waals surface area (Å²) in [4.78, 5) is 31.8. The molecule has 0 fully saturated rings. The second-order valence-corrected chi connectivity index (χ2v) is 7.88. The maximum Gasteiger partial charge on any atom is 0.247 e. The molecule has 1 aromatic heterocycles. The van der Waals surface area contributed by atoms with Gasteiger partial charge in [-0.05, 0) is 31.1 Å². The molecule has 0 aliphatic heterocycles. The van der Waals surface area contributed by atoms with Crippen molar-refractivity contribution in [3.63, 3.8) is 0 Å². The second kappa shape index (κ2) is 13.8. The van der Waals surface area contributed by atoms with Gasteiger partial charge in [0.15, 0.2) is 5.13 Å². The number of allylic oxidation sites excluding steroid dienone is 1. The first-order valence-corrected chi connectivity index (χ1v) is 10.8. The lowest BCUT2D eigenvalue weighted by atomic mass is 10.1. The number of aliphatic imine (C=N–C) groups is 1. The Balaban J connectivity index is 0.000000861. The number of aromatic nitrogens is 1. The maximum absolute atomic E-state index is 12.0. The smallest absolute Gasteiger partial charge is 0.247 e. The van der Waals surface area contributed by atoms with Crippen LogP contribution in [0.15, 0.2) is 46.3 Å². The largest absolute Gasteiger partial charge is 0.343 e. The zero-order chi connectivity index (χ0) is 23.2. The van der Waals surface area contributed by atoms with E-state index in [4.69, 9.17) is 5.26 Å². The van der Waals surface area contributed by atoms with Crippen LogP contribution < -0.4 is 10.6 Å². The van der Waals surface area contributed by atoms with Crippen molar-refractivity contribution < 1.29 is 9.59 Å². The van der Waals surface area contributed by atoms with Crippen molar-refractivity contribution in [3.8, 4) is 17.3 Å². The zero-order valence-corrected chi connectivity index (χ0v) is 19.4. The molecule has 0 unspecified atom stereocenters. The van der Waals surface area contributed by atoms with E-state index in [0.717, 1.165) is 11.5 Å². The summed E-state index contributed by atoms with van der Waals surface area (Å²) in [7, 11) is 1.61. The number of hydrogen-bond acceptors (Lipinski definition) is 6.